The first-order chi connectivity index (χ1) is 13.5. The number of benzene rings is 1. The summed E-state index contributed by atoms with van der Waals surface area (Å²) >= 11 is 5.94. The van der Waals surface area contributed by atoms with Crippen LogP contribution in [0.4, 0.5) is 5.69 Å². The Labute approximate surface area is 170 Å². The smallest absolute Gasteiger partial charge is 0.274 e. The summed E-state index contributed by atoms with van der Waals surface area (Å²) in [4.78, 5) is 29.0. The maximum atomic E-state index is 12.5. The zero-order valence-electron chi connectivity index (χ0n) is 15.9. The van der Waals surface area contributed by atoms with Crippen LogP contribution in [0.5, 0.6) is 0 Å². The molecule has 0 fully saturated rings. The van der Waals surface area contributed by atoms with Crippen LogP contribution < -0.4 is 10.6 Å². The van der Waals surface area contributed by atoms with Crippen LogP contribution in [0.2, 0.25) is 5.02 Å². The molecule has 0 bridgehead atoms. The van der Waals surface area contributed by atoms with Crippen LogP contribution in [0, 0.1) is 6.92 Å². The second-order valence-corrected chi connectivity index (χ2v) is 7.39. The van der Waals surface area contributed by atoms with Crippen LogP contribution in [-0.4, -0.2) is 23.3 Å². The van der Waals surface area contributed by atoms with E-state index in [-0.39, 0.29) is 17.5 Å². The molecule has 1 heterocycles. The van der Waals surface area contributed by atoms with Crippen LogP contribution in [0.1, 0.15) is 58.5 Å². The molecular formula is C22H24ClN3O2. The monoisotopic (exact) mass is 397 g/mol. The van der Waals surface area contributed by atoms with Gasteiger partial charge in [0.05, 0.1) is 0 Å². The quantitative estimate of drug-likeness (QED) is 0.680. The molecule has 0 saturated heterocycles. The molecule has 2 N–H and O–H groups in total. The number of carbonyl (C=O) groups excluding carboxylic acids is 2. The van der Waals surface area contributed by atoms with E-state index < -0.39 is 0 Å². The van der Waals surface area contributed by atoms with Gasteiger partial charge in [0.15, 0.2) is 0 Å². The van der Waals surface area contributed by atoms with E-state index in [1.807, 2.05) is 6.92 Å². The number of hydrogen-bond acceptors (Lipinski definition) is 3. The van der Waals surface area contributed by atoms with E-state index in [1.54, 1.807) is 24.3 Å². The van der Waals surface area contributed by atoms with Crippen LogP contribution >= 0.6 is 11.6 Å². The minimum Gasteiger partial charge on any atom is -0.352 e. The van der Waals surface area contributed by atoms with E-state index in [2.05, 4.69) is 21.7 Å². The predicted molar refractivity (Wildman–Crippen MR) is 112 cm³/mol. The SMILES string of the molecule is Cc1cc(Cl)ccc1NC(=O)c1cc(C(=O)NCCC2=CCCCC2)ccn1. The van der Waals surface area contributed by atoms with Crippen LogP contribution in [0.25, 0.3) is 0 Å². The molecule has 0 spiro atoms. The zero-order valence-corrected chi connectivity index (χ0v) is 16.7. The summed E-state index contributed by atoms with van der Waals surface area (Å²) in [6.07, 6.45) is 9.38. The van der Waals surface area contributed by atoms with Crippen molar-refractivity contribution in [2.45, 2.75) is 39.0 Å². The lowest BCUT2D eigenvalue weighted by molar-refractivity contribution is 0.0954. The average Bonchev–Trinajstić information content (AvgIpc) is 2.71. The Hall–Kier alpha value is -2.66. The number of carbonyl (C=O) groups is 2. The van der Waals surface area contributed by atoms with Crippen LogP contribution in [0.15, 0.2) is 48.2 Å². The van der Waals surface area contributed by atoms with E-state index in [9.17, 15) is 9.59 Å². The van der Waals surface area contributed by atoms with Gasteiger partial charge in [-0.15, -0.1) is 0 Å². The van der Waals surface area contributed by atoms with Gasteiger partial charge >= 0.3 is 0 Å². The number of rotatable bonds is 6. The number of nitrogens with one attached hydrogen (secondary N) is 2. The van der Waals surface area contributed by atoms with Gasteiger partial charge < -0.3 is 10.6 Å². The molecule has 3 rings (SSSR count). The number of hydrogen-bond donors (Lipinski definition) is 2. The van der Waals surface area contributed by atoms with Crippen molar-refractivity contribution in [3.05, 3.63) is 70.0 Å². The van der Waals surface area contributed by atoms with Crippen molar-refractivity contribution in [3.8, 4) is 0 Å². The Balaban J connectivity index is 1.60. The summed E-state index contributed by atoms with van der Waals surface area (Å²) in [6, 6.07) is 8.35. The molecule has 146 valence electrons. The highest BCUT2D eigenvalue weighted by atomic mass is 35.5. The second-order valence-electron chi connectivity index (χ2n) is 6.96. The van der Waals surface area contributed by atoms with Crippen molar-refractivity contribution in [2.24, 2.45) is 0 Å². The van der Waals surface area contributed by atoms with Crippen LogP contribution in [-0.2, 0) is 0 Å². The third-order valence-corrected chi connectivity index (χ3v) is 5.04. The molecule has 6 heteroatoms. The summed E-state index contributed by atoms with van der Waals surface area (Å²) in [5.41, 5.74) is 3.54. The molecule has 1 aliphatic rings. The van der Waals surface area contributed by atoms with Gasteiger partial charge in [0.2, 0.25) is 0 Å². The van der Waals surface area contributed by atoms with Crippen molar-refractivity contribution in [2.75, 3.05) is 11.9 Å². The lowest BCUT2D eigenvalue weighted by Gasteiger charge is -2.13. The molecule has 0 saturated carbocycles. The minimum absolute atomic E-state index is 0.192. The van der Waals surface area contributed by atoms with E-state index >= 15 is 0 Å². The van der Waals surface area contributed by atoms with Crippen molar-refractivity contribution in [3.63, 3.8) is 0 Å². The number of aryl methyl sites for hydroxylation is 1. The van der Waals surface area contributed by atoms with Gasteiger partial charge in [-0.25, -0.2) is 0 Å². The highest BCUT2D eigenvalue weighted by molar-refractivity contribution is 6.30. The standard InChI is InChI=1S/C22H24ClN3O2/c1-15-13-18(23)7-8-19(15)26-22(28)20-14-17(10-12-24-20)21(27)25-11-9-16-5-3-2-4-6-16/h5,7-8,10,12-14H,2-4,6,9,11H2,1H3,(H,25,27)(H,26,28). The largest absolute Gasteiger partial charge is 0.352 e. The fourth-order valence-corrected chi connectivity index (χ4v) is 3.45. The van der Waals surface area contributed by atoms with Gasteiger partial charge in [0.1, 0.15) is 5.69 Å². The Kier molecular flexibility index (Phi) is 6.82. The molecule has 2 amide bonds. The third-order valence-electron chi connectivity index (χ3n) is 4.81. The fourth-order valence-electron chi connectivity index (χ4n) is 3.22. The van der Waals surface area contributed by atoms with Crippen molar-refractivity contribution in [1.82, 2.24) is 10.3 Å². The molecule has 0 aliphatic heterocycles. The van der Waals surface area contributed by atoms with Gasteiger partial charge in [-0.3, -0.25) is 14.6 Å². The van der Waals surface area contributed by atoms with Crippen molar-refractivity contribution < 1.29 is 9.59 Å². The molecule has 1 aliphatic carbocycles. The number of amides is 2. The summed E-state index contributed by atoms with van der Waals surface area (Å²) in [6.45, 7) is 2.46. The molecule has 2 aromatic rings. The van der Waals surface area contributed by atoms with E-state index in [0.29, 0.717) is 22.8 Å². The summed E-state index contributed by atoms with van der Waals surface area (Å²) in [7, 11) is 0. The summed E-state index contributed by atoms with van der Waals surface area (Å²) in [5, 5.41) is 6.34. The molecule has 0 radical (unpaired) electrons. The number of allylic oxidation sites excluding steroid dienone is 1. The maximum Gasteiger partial charge on any atom is 0.274 e. The zero-order chi connectivity index (χ0) is 19.9. The number of halogens is 1. The van der Waals surface area contributed by atoms with E-state index in [0.717, 1.165) is 24.8 Å². The van der Waals surface area contributed by atoms with Gasteiger partial charge in [-0.1, -0.05) is 23.3 Å². The summed E-state index contributed by atoms with van der Waals surface area (Å²) < 4.78 is 0. The van der Waals surface area contributed by atoms with Gasteiger partial charge in [0, 0.05) is 29.0 Å². The molecule has 0 atom stereocenters. The van der Waals surface area contributed by atoms with Gasteiger partial charge in [0.25, 0.3) is 11.8 Å². The first-order valence-electron chi connectivity index (χ1n) is 9.52. The number of aromatic nitrogens is 1. The first kappa shape index (κ1) is 20.1. The normalized spacial score (nSPS) is 13.6. The fraction of sp³-hybridized carbons (Fsp3) is 0.318. The summed E-state index contributed by atoms with van der Waals surface area (Å²) in [5.74, 6) is -0.567. The van der Waals surface area contributed by atoms with Crippen molar-refractivity contribution in [1.29, 1.82) is 0 Å². The third kappa shape index (κ3) is 5.42. The Bertz CT molecular complexity index is 908. The van der Waals surface area contributed by atoms with Gasteiger partial charge in [-0.05, 0) is 74.9 Å². The van der Waals surface area contributed by atoms with E-state index in [1.165, 1.54) is 30.7 Å². The predicted octanol–water partition coefficient (Wildman–Crippen LogP) is 4.92. The minimum atomic E-state index is -0.368. The Morgan fingerprint density at radius 3 is 2.75 bits per heavy atom. The highest BCUT2D eigenvalue weighted by Crippen LogP contribution is 2.21. The van der Waals surface area contributed by atoms with Crippen molar-refractivity contribution >= 4 is 29.1 Å². The Morgan fingerprint density at radius 2 is 2.00 bits per heavy atom. The lowest BCUT2D eigenvalue weighted by atomic mass is 9.97. The molecule has 5 nitrogen and oxygen atoms in total. The molecule has 0 unspecified atom stereocenters. The number of nitrogens with zero attached hydrogens (tertiary/aromatic N) is 1. The maximum absolute atomic E-state index is 12.5. The number of anilines is 1. The van der Waals surface area contributed by atoms with E-state index in [4.69, 9.17) is 11.6 Å². The van der Waals surface area contributed by atoms with Gasteiger partial charge in [-0.2, -0.15) is 0 Å². The molecule has 28 heavy (non-hydrogen) atoms. The topological polar surface area (TPSA) is 71.1 Å². The molecule has 1 aromatic carbocycles. The molecular weight excluding hydrogens is 374 g/mol. The second kappa shape index (κ2) is 9.51. The van der Waals surface area contributed by atoms with Crippen LogP contribution in [0.3, 0.4) is 0 Å². The Morgan fingerprint density at radius 1 is 1.14 bits per heavy atom. The average molecular weight is 398 g/mol. The highest BCUT2D eigenvalue weighted by Gasteiger charge is 2.13. The number of pyridine rings is 1. The molecule has 1 aromatic heterocycles. The first-order valence-corrected chi connectivity index (χ1v) is 9.90. The lowest BCUT2D eigenvalue weighted by Crippen LogP contribution is -2.25.